The molecule has 1 unspecified atom stereocenters. The van der Waals surface area contributed by atoms with Gasteiger partial charge < -0.3 is 10.6 Å². The van der Waals surface area contributed by atoms with Gasteiger partial charge in [0.05, 0.1) is 23.3 Å². The summed E-state index contributed by atoms with van der Waals surface area (Å²) in [6, 6.07) is 0. The third kappa shape index (κ3) is 2.84. The number of nitrogens with zero attached hydrogens (tertiary/aromatic N) is 1. The number of nitrogens with one attached hydrogen (secondary N) is 2. The standard InChI is InChI=1S/C12H19N3OS/c1-2-4-12(5-3-6-15-12)11(16)13-7-10-8-17-9-14-10/h8-9,15H,2-7H2,1H3,(H,13,16). The van der Waals surface area contributed by atoms with E-state index in [0.29, 0.717) is 6.54 Å². The zero-order valence-corrected chi connectivity index (χ0v) is 11.0. The molecule has 94 valence electrons. The SMILES string of the molecule is CCCC1(C(=O)NCc2cscn2)CCCN1. The first-order valence-electron chi connectivity index (χ1n) is 6.17. The quantitative estimate of drug-likeness (QED) is 0.839. The molecule has 0 radical (unpaired) electrons. The highest BCUT2D eigenvalue weighted by molar-refractivity contribution is 7.07. The Balaban J connectivity index is 1.92. The van der Waals surface area contributed by atoms with E-state index in [1.54, 1.807) is 16.8 Å². The molecule has 0 aliphatic carbocycles. The highest BCUT2D eigenvalue weighted by atomic mass is 32.1. The van der Waals surface area contributed by atoms with Gasteiger partial charge in [0.2, 0.25) is 5.91 Å². The van der Waals surface area contributed by atoms with Crippen LogP contribution in [-0.4, -0.2) is 23.0 Å². The van der Waals surface area contributed by atoms with E-state index in [9.17, 15) is 4.79 Å². The van der Waals surface area contributed by atoms with Crippen molar-refractivity contribution in [3.63, 3.8) is 0 Å². The highest BCUT2D eigenvalue weighted by Crippen LogP contribution is 2.25. The van der Waals surface area contributed by atoms with Crippen LogP contribution in [0, 0.1) is 0 Å². The second-order valence-electron chi connectivity index (χ2n) is 4.52. The maximum Gasteiger partial charge on any atom is 0.240 e. The summed E-state index contributed by atoms with van der Waals surface area (Å²) in [6.45, 7) is 3.61. The molecule has 1 atom stereocenters. The predicted molar refractivity (Wildman–Crippen MR) is 68.8 cm³/mol. The molecule has 1 amide bonds. The smallest absolute Gasteiger partial charge is 0.240 e. The second-order valence-corrected chi connectivity index (χ2v) is 5.24. The van der Waals surface area contributed by atoms with Crippen LogP contribution < -0.4 is 10.6 Å². The van der Waals surface area contributed by atoms with Gasteiger partial charge in [-0.2, -0.15) is 0 Å². The lowest BCUT2D eigenvalue weighted by Crippen LogP contribution is -2.53. The van der Waals surface area contributed by atoms with Crippen LogP contribution in [-0.2, 0) is 11.3 Å². The number of hydrogen-bond acceptors (Lipinski definition) is 4. The van der Waals surface area contributed by atoms with Gasteiger partial charge in [0, 0.05) is 5.38 Å². The number of carbonyl (C=O) groups excluding carboxylic acids is 1. The first-order chi connectivity index (χ1) is 8.27. The van der Waals surface area contributed by atoms with Crippen molar-refractivity contribution in [2.45, 2.75) is 44.7 Å². The number of amides is 1. The summed E-state index contributed by atoms with van der Waals surface area (Å²) >= 11 is 1.55. The van der Waals surface area contributed by atoms with Gasteiger partial charge in [-0.3, -0.25) is 4.79 Å². The van der Waals surface area contributed by atoms with Crippen LogP contribution in [0.2, 0.25) is 0 Å². The van der Waals surface area contributed by atoms with E-state index in [1.165, 1.54) is 0 Å². The summed E-state index contributed by atoms with van der Waals surface area (Å²) in [5.41, 5.74) is 2.40. The number of aromatic nitrogens is 1. The molecule has 0 saturated carbocycles. The maximum atomic E-state index is 12.3. The largest absolute Gasteiger partial charge is 0.349 e. The first kappa shape index (κ1) is 12.5. The summed E-state index contributed by atoms with van der Waals surface area (Å²) in [6.07, 6.45) is 3.97. The van der Waals surface area contributed by atoms with Crippen LogP contribution >= 0.6 is 11.3 Å². The maximum absolute atomic E-state index is 12.3. The fourth-order valence-corrected chi connectivity index (χ4v) is 2.98. The average Bonchev–Trinajstić information content (AvgIpc) is 2.97. The van der Waals surface area contributed by atoms with Crippen molar-refractivity contribution in [2.75, 3.05) is 6.54 Å². The first-order valence-corrected chi connectivity index (χ1v) is 7.11. The Morgan fingerprint density at radius 1 is 1.71 bits per heavy atom. The minimum absolute atomic E-state index is 0.129. The third-order valence-electron chi connectivity index (χ3n) is 3.27. The van der Waals surface area contributed by atoms with Gasteiger partial charge in [0.1, 0.15) is 0 Å². The number of rotatable bonds is 5. The van der Waals surface area contributed by atoms with Crippen LogP contribution in [0.3, 0.4) is 0 Å². The predicted octanol–water partition coefficient (Wildman–Crippen LogP) is 1.68. The van der Waals surface area contributed by atoms with Gasteiger partial charge in [-0.15, -0.1) is 11.3 Å². The Bertz CT molecular complexity index is 358. The van der Waals surface area contributed by atoms with E-state index in [0.717, 1.165) is 37.9 Å². The van der Waals surface area contributed by atoms with Gasteiger partial charge >= 0.3 is 0 Å². The third-order valence-corrected chi connectivity index (χ3v) is 3.90. The van der Waals surface area contributed by atoms with Gasteiger partial charge in [0.15, 0.2) is 0 Å². The minimum atomic E-state index is -0.329. The topological polar surface area (TPSA) is 54.0 Å². The molecule has 0 spiro atoms. The Hall–Kier alpha value is -0.940. The molecular formula is C12H19N3OS. The highest BCUT2D eigenvalue weighted by Gasteiger charge is 2.39. The van der Waals surface area contributed by atoms with Crippen molar-refractivity contribution in [3.8, 4) is 0 Å². The average molecular weight is 253 g/mol. The van der Waals surface area contributed by atoms with Crippen LogP contribution in [0.4, 0.5) is 0 Å². The second kappa shape index (κ2) is 5.60. The molecule has 1 aliphatic rings. The summed E-state index contributed by atoms with van der Waals surface area (Å²) in [5.74, 6) is 0.129. The van der Waals surface area contributed by atoms with Crippen molar-refractivity contribution in [1.29, 1.82) is 0 Å². The van der Waals surface area contributed by atoms with Crippen molar-refractivity contribution < 1.29 is 4.79 Å². The molecule has 0 aromatic carbocycles. The number of carbonyl (C=O) groups is 1. The van der Waals surface area contributed by atoms with Crippen LogP contribution in [0.25, 0.3) is 0 Å². The molecule has 1 aliphatic heterocycles. The van der Waals surface area contributed by atoms with Crippen molar-refractivity contribution in [2.24, 2.45) is 0 Å². The molecule has 1 aromatic heterocycles. The van der Waals surface area contributed by atoms with E-state index >= 15 is 0 Å². The fraction of sp³-hybridized carbons (Fsp3) is 0.667. The van der Waals surface area contributed by atoms with Gasteiger partial charge in [0.25, 0.3) is 0 Å². The molecule has 17 heavy (non-hydrogen) atoms. The fourth-order valence-electron chi connectivity index (χ4n) is 2.42. The van der Waals surface area contributed by atoms with Crippen LogP contribution in [0.1, 0.15) is 38.3 Å². The number of hydrogen-bond donors (Lipinski definition) is 2. The lowest BCUT2D eigenvalue weighted by atomic mass is 9.91. The molecular weight excluding hydrogens is 234 g/mol. The Morgan fingerprint density at radius 2 is 2.59 bits per heavy atom. The molecule has 5 heteroatoms. The van der Waals surface area contributed by atoms with Crippen molar-refractivity contribution in [3.05, 3.63) is 16.6 Å². The molecule has 2 N–H and O–H groups in total. The van der Waals surface area contributed by atoms with Crippen molar-refractivity contribution in [1.82, 2.24) is 15.6 Å². The molecule has 1 saturated heterocycles. The Labute approximate surface area is 106 Å². The lowest BCUT2D eigenvalue weighted by Gasteiger charge is -2.27. The van der Waals surface area contributed by atoms with Gasteiger partial charge in [-0.25, -0.2) is 4.98 Å². The van der Waals surface area contributed by atoms with Crippen molar-refractivity contribution >= 4 is 17.2 Å². The zero-order chi connectivity index (χ0) is 12.1. The summed E-state index contributed by atoms with van der Waals surface area (Å²) in [4.78, 5) is 16.4. The molecule has 4 nitrogen and oxygen atoms in total. The van der Waals surface area contributed by atoms with E-state index in [1.807, 2.05) is 5.38 Å². The van der Waals surface area contributed by atoms with E-state index in [-0.39, 0.29) is 11.4 Å². The van der Waals surface area contributed by atoms with E-state index in [2.05, 4.69) is 22.5 Å². The van der Waals surface area contributed by atoms with E-state index < -0.39 is 0 Å². The molecule has 1 fully saturated rings. The number of thiazole rings is 1. The molecule has 2 heterocycles. The molecule has 2 rings (SSSR count). The minimum Gasteiger partial charge on any atom is -0.349 e. The Morgan fingerprint density at radius 3 is 3.18 bits per heavy atom. The summed E-state index contributed by atoms with van der Waals surface area (Å²) < 4.78 is 0. The van der Waals surface area contributed by atoms with Gasteiger partial charge in [-0.1, -0.05) is 13.3 Å². The van der Waals surface area contributed by atoms with Crippen LogP contribution in [0.5, 0.6) is 0 Å². The molecule has 0 bridgehead atoms. The van der Waals surface area contributed by atoms with Crippen LogP contribution in [0.15, 0.2) is 10.9 Å². The molecule has 1 aromatic rings. The zero-order valence-electron chi connectivity index (χ0n) is 10.2. The van der Waals surface area contributed by atoms with E-state index in [4.69, 9.17) is 0 Å². The van der Waals surface area contributed by atoms with Gasteiger partial charge in [-0.05, 0) is 25.8 Å². The normalized spacial score (nSPS) is 23.8. The monoisotopic (exact) mass is 253 g/mol. The lowest BCUT2D eigenvalue weighted by molar-refractivity contribution is -0.127. The summed E-state index contributed by atoms with van der Waals surface area (Å²) in [5, 5.41) is 8.33. The Kier molecular flexibility index (Phi) is 4.12. The summed E-state index contributed by atoms with van der Waals surface area (Å²) in [7, 11) is 0.